The van der Waals surface area contributed by atoms with Crippen molar-refractivity contribution in [3.63, 3.8) is 0 Å². The molecule has 1 saturated heterocycles. The molecule has 1 N–H and O–H groups in total. The van der Waals surface area contributed by atoms with Gasteiger partial charge < -0.3 is 15.0 Å². The number of hydrogen-bond donors (Lipinski definition) is 1. The molecule has 1 heterocycles. The molecule has 2 fully saturated rings. The first-order valence-corrected chi connectivity index (χ1v) is 9.46. The molecular formula is C20H28N2O3. The maximum Gasteiger partial charge on any atom is 0.253 e. The Labute approximate surface area is 149 Å². The van der Waals surface area contributed by atoms with Crippen LogP contribution in [0.2, 0.25) is 0 Å². The summed E-state index contributed by atoms with van der Waals surface area (Å²) < 4.78 is 5.62. The van der Waals surface area contributed by atoms with Crippen LogP contribution in [-0.4, -0.2) is 37.6 Å². The third-order valence-corrected chi connectivity index (χ3v) is 5.27. The van der Waals surface area contributed by atoms with E-state index in [1.807, 2.05) is 12.1 Å². The third kappa shape index (κ3) is 4.60. The Kier molecular flexibility index (Phi) is 6.08. The maximum atomic E-state index is 12.3. The highest BCUT2D eigenvalue weighted by Crippen LogP contribution is 2.24. The Morgan fingerprint density at radius 3 is 2.60 bits per heavy atom. The molecule has 5 nitrogen and oxygen atoms in total. The average molecular weight is 344 g/mol. The second-order valence-corrected chi connectivity index (χ2v) is 7.04. The SMILES string of the molecule is CCc1ccc(N2CC(CNC(=O)C3CCCCC3)OCC2=O)cc1. The molecule has 0 aromatic heterocycles. The van der Waals surface area contributed by atoms with E-state index in [0.29, 0.717) is 13.1 Å². The molecule has 0 radical (unpaired) electrons. The third-order valence-electron chi connectivity index (χ3n) is 5.27. The Bertz CT molecular complexity index is 593. The quantitative estimate of drug-likeness (QED) is 0.893. The summed E-state index contributed by atoms with van der Waals surface area (Å²) in [5.74, 6) is 0.259. The van der Waals surface area contributed by atoms with E-state index in [2.05, 4.69) is 24.4 Å². The van der Waals surface area contributed by atoms with E-state index in [4.69, 9.17) is 4.74 Å². The van der Waals surface area contributed by atoms with E-state index >= 15 is 0 Å². The molecule has 1 saturated carbocycles. The van der Waals surface area contributed by atoms with Gasteiger partial charge in [0.15, 0.2) is 0 Å². The number of morpholine rings is 1. The number of nitrogens with zero attached hydrogens (tertiary/aromatic N) is 1. The van der Waals surface area contributed by atoms with Gasteiger partial charge in [-0.2, -0.15) is 0 Å². The minimum absolute atomic E-state index is 0.0286. The molecule has 2 amide bonds. The number of ether oxygens (including phenoxy) is 1. The lowest BCUT2D eigenvalue weighted by Crippen LogP contribution is -2.51. The van der Waals surface area contributed by atoms with E-state index in [9.17, 15) is 9.59 Å². The molecule has 1 aromatic carbocycles. The molecule has 1 atom stereocenters. The Balaban J connectivity index is 1.54. The summed E-state index contributed by atoms with van der Waals surface area (Å²) in [6.07, 6.45) is 6.34. The normalized spacial score (nSPS) is 22.0. The molecule has 1 aliphatic heterocycles. The lowest BCUT2D eigenvalue weighted by Gasteiger charge is -2.33. The fourth-order valence-electron chi connectivity index (χ4n) is 3.63. The monoisotopic (exact) mass is 344 g/mol. The van der Waals surface area contributed by atoms with Gasteiger partial charge in [-0.3, -0.25) is 9.59 Å². The number of carbonyl (C=O) groups excluding carboxylic acids is 2. The average Bonchev–Trinajstić information content (AvgIpc) is 2.68. The highest BCUT2D eigenvalue weighted by Gasteiger charge is 2.28. The number of benzene rings is 1. The van der Waals surface area contributed by atoms with Crippen LogP contribution >= 0.6 is 0 Å². The van der Waals surface area contributed by atoms with E-state index in [1.54, 1.807) is 4.90 Å². The number of rotatable bonds is 5. The Morgan fingerprint density at radius 2 is 1.92 bits per heavy atom. The number of nitrogens with one attached hydrogen (secondary N) is 1. The lowest BCUT2D eigenvalue weighted by atomic mass is 9.88. The molecule has 5 heteroatoms. The second kappa shape index (κ2) is 8.48. The highest BCUT2D eigenvalue weighted by molar-refractivity contribution is 5.95. The van der Waals surface area contributed by atoms with Crippen molar-refractivity contribution in [1.29, 1.82) is 0 Å². The van der Waals surface area contributed by atoms with Crippen LogP contribution in [0, 0.1) is 5.92 Å². The molecule has 0 spiro atoms. The number of amides is 2. The zero-order chi connectivity index (χ0) is 17.6. The summed E-state index contributed by atoms with van der Waals surface area (Å²) >= 11 is 0. The molecule has 2 aliphatic rings. The number of carbonyl (C=O) groups is 2. The fraction of sp³-hybridized carbons (Fsp3) is 0.600. The molecule has 25 heavy (non-hydrogen) atoms. The summed E-state index contributed by atoms with van der Waals surface area (Å²) in [7, 11) is 0. The van der Waals surface area contributed by atoms with Crippen LogP contribution < -0.4 is 10.2 Å². The van der Waals surface area contributed by atoms with Crippen molar-refractivity contribution in [1.82, 2.24) is 5.32 Å². The van der Waals surface area contributed by atoms with Crippen LogP contribution in [-0.2, 0) is 20.7 Å². The van der Waals surface area contributed by atoms with E-state index < -0.39 is 0 Å². The van der Waals surface area contributed by atoms with Gasteiger partial charge >= 0.3 is 0 Å². The molecule has 1 aromatic rings. The Morgan fingerprint density at radius 1 is 1.20 bits per heavy atom. The van der Waals surface area contributed by atoms with Crippen LogP contribution in [0.4, 0.5) is 5.69 Å². The Hall–Kier alpha value is -1.88. The van der Waals surface area contributed by atoms with Gasteiger partial charge in [-0.05, 0) is 37.0 Å². The van der Waals surface area contributed by atoms with Crippen molar-refractivity contribution >= 4 is 17.5 Å². The van der Waals surface area contributed by atoms with Crippen LogP contribution in [0.1, 0.15) is 44.6 Å². The first kappa shape index (κ1) is 17.9. The smallest absolute Gasteiger partial charge is 0.253 e. The zero-order valence-electron chi connectivity index (χ0n) is 15.0. The van der Waals surface area contributed by atoms with Crippen LogP contribution in [0.5, 0.6) is 0 Å². The number of anilines is 1. The van der Waals surface area contributed by atoms with E-state index in [-0.39, 0.29) is 30.4 Å². The highest BCUT2D eigenvalue weighted by atomic mass is 16.5. The van der Waals surface area contributed by atoms with Crippen LogP contribution in [0.15, 0.2) is 24.3 Å². The van der Waals surface area contributed by atoms with Crippen molar-refractivity contribution in [3.8, 4) is 0 Å². The summed E-state index contributed by atoms with van der Waals surface area (Å²) in [6.45, 7) is 3.13. The van der Waals surface area contributed by atoms with E-state index in [0.717, 1.165) is 37.8 Å². The predicted octanol–water partition coefficient (Wildman–Crippen LogP) is 2.68. The number of aryl methyl sites for hydroxylation is 1. The minimum atomic E-state index is -0.156. The minimum Gasteiger partial charge on any atom is -0.365 e. The molecule has 0 bridgehead atoms. The van der Waals surface area contributed by atoms with Crippen molar-refractivity contribution in [2.75, 3.05) is 24.6 Å². The van der Waals surface area contributed by atoms with Gasteiger partial charge in [-0.25, -0.2) is 0 Å². The van der Waals surface area contributed by atoms with Gasteiger partial charge in [0, 0.05) is 18.2 Å². The summed E-state index contributed by atoms with van der Waals surface area (Å²) in [5, 5.41) is 3.03. The van der Waals surface area contributed by atoms with Gasteiger partial charge in [0.1, 0.15) is 6.61 Å². The standard InChI is InChI=1S/C20H28N2O3/c1-2-15-8-10-17(11-9-15)22-13-18(25-14-19(22)23)12-21-20(24)16-6-4-3-5-7-16/h8-11,16,18H,2-7,12-14H2,1H3,(H,21,24). The first-order valence-electron chi connectivity index (χ1n) is 9.46. The molecule has 1 unspecified atom stereocenters. The summed E-state index contributed by atoms with van der Waals surface area (Å²) in [6, 6.07) is 8.08. The van der Waals surface area contributed by atoms with E-state index in [1.165, 1.54) is 12.0 Å². The van der Waals surface area contributed by atoms with Crippen LogP contribution in [0.3, 0.4) is 0 Å². The fourth-order valence-corrected chi connectivity index (χ4v) is 3.63. The van der Waals surface area contributed by atoms with Gasteiger partial charge in [0.05, 0.1) is 12.6 Å². The molecule has 1 aliphatic carbocycles. The lowest BCUT2D eigenvalue weighted by molar-refractivity contribution is -0.130. The van der Waals surface area contributed by atoms with Crippen molar-refractivity contribution in [3.05, 3.63) is 29.8 Å². The number of hydrogen-bond acceptors (Lipinski definition) is 3. The zero-order valence-corrected chi connectivity index (χ0v) is 15.0. The largest absolute Gasteiger partial charge is 0.365 e. The van der Waals surface area contributed by atoms with Crippen molar-refractivity contribution < 1.29 is 14.3 Å². The molecule has 136 valence electrons. The summed E-state index contributed by atoms with van der Waals surface area (Å²) in [4.78, 5) is 26.2. The maximum absolute atomic E-state index is 12.3. The van der Waals surface area contributed by atoms with Crippen molar-refractivity contribution in [2.45, 2.75) is 51.6 Å². The van der Waals surface area contributed by atoms with Crippen LogP contribution in [0.25, 0.3) is 0 Å². The van der Waals surface area contributed by atoms with Gasteiger partial charge in [-0.1, -0.05) is 38.3 Å². The van der Waals surface area contributed by atoms with Gasteiger partial charge in [0.2, 0.25) is 5.91 Å². The summed E-state index contributed by atoms with van der Waals surface area (Å²) in [5.41, 5.74) is 2.15. The van der Waals surface area contributed by atoms with Gasteiger partial charge in [-0.15, -0.1) is 0 Å². The molecular weight excluding hydrogens is 316 g/mol. The van der Waals surface area contributed by atoms with Crippen molar-refractivity contribution in [2.24, 2.45) is 5.92 Å². The second-order valence-electron chi connectivity index (χ2n) is 7.04. The first-order chi connectivity index (χ1) is 12.2. The topological polar surface area (TPSA) is 58.6 Å². The predicted molar refractivity (Wildman–Crippen MR) is 97.5 cm³/mol. The van der Waals surface area contributed by atoms with Gasteiger partial charge in [0.25, 0.3) is 5.91 Å². The molecule has 3 rings (SSSR count).